The molecular weight excluding hydrogens is 244 g/mol. The fourth-order valence-electron chi connectivity index (χ4n) is 2.61. The molecule has 2 heterocycles. The van der Waals surface area contributed by atoms with E-state index < -0.39 is 0 Å². The van der Waals surface area contributed by atoms with Crippen molar-refractivity contribution in [1.29, 1.82) is 0 Å². The van der Waals surface area contributed by atoms with Gasteiger partial charge in [0.15, 0.2) is 0 Å². The molecule has 1 aromatic carbocycles. The molecule has 1 aromatic rings. The molecule has 0 aliphatic carbocycles. The Bertz CT molecular complexity index is 578. The van der Waals surface area contributed by atoms with Crippen LogP contribution in [0.15, 0.2) is 42.4 Å². The van der Waals surface area contributed by atoms with Gasteiger partial charge in [-0.15, -0.1) is 0 Å². The van der Waals surface area contributed by atoms with E-state index in [1.54, 1.807) is 6.26 Å². The normalized spacial score (nSPS) is 19.9. The van der Waals surface area contributed by atoms with Crippen LogP contribution in [-0.4, -0.2) is 16.4 Å². The van der Waals surface area contributed by atoms with Crippen LogP contribution in [0.3, 0.4) is 0 Å². The predicted molar refractivity (Wildman–Crippen MR) is 70.2 cm³/mol. The smallest absolute Gasteiger partial charge is 0.253 e. The monoisotopic (exact) mass is 258 g/mol. The molecule has 0 radical (unpaired) electrons. The quantitative estimate of drug-likeness (QED) is 0.604. The number of hydrogen-bond donors (Lipinski definition) is 0. The minimum Gasteiger partial charge on any atom is -0.494 e. The van der Waals surface area contributed by atoms with Gasteiger partial charge in [-0.2, -0.15) is 0 Å². The maximum absolute atomic E-state index is 10.7. The predicted octanol–water partition coefficient (Wildman–Crippen LogP) is 2.73. The summed E-state index contributed by atoms with van der Waals surface area (Å²) in [7, 11) is 0. The summed E-state index contributed by atoms with van der Waals surface area (Å²) in [5, 5.41) is 10.7. The van der Waals surface area contributed by atoms with Crippen molar-refractivity contribution in [3.63, 3.8) is 0 Å². The number of hydrogen-bond acceptors (Lipinski definition) is 4. The minimum absolute atomic E-state index is 0.385. The van der Waals surface area contributed by atoms with Gasteiger partial charge < -0.3 is 9.64 Å². The fourth-order valence-corrected chi connectivity index (χ4v) is 2.61. The van der Waals surface area contributed by atoms with Crippen molar-refractivity contribution in [2.24, 2.45) is 0 Å². The lowest BCUT2D eigenvalue weighted by atomic mass is 10.0. The Morgan fingerprint density at radius 1 is 1.37 bits per heavy atom. The number of nitro groups is 1. The van der Waals surface area contributed by atoms with E-state index in [9.17, 15) is 10.1 Å². The standard InChI is InChI=1S/C14H14N2O3/c17-16(18)8-12-5-3-7-15(12)14-10-19-9-11-4-1-2-6-13(11)14/h1-2,4,6,8,10H,3,5,7,9H2. The van der Waals surface area contributed by atoms with Gasteiger partial charge in [-0.25, -0.2) is 0 Å². The Hall–Kier alpha value is -2.30. The lowest BCUT2D eigenvalue weighted by Crippen LogP contribution is -2.20. The third-order valence-corrected chi connectivity index (χ3v) is 3.43. The molecule has 1 saturated heterocycles. The molecule has 0 amide bonds. The second-order valence-electron chi connectivity index (χ2n) is 4.63. The molecule has 0 aromatic heterocycles. The Labute approximate surface area is 110 Å². The van der Waals surface area contributed by atoms with E-state index in [2.05, 4.69) is 0 Å². The summed E-state index contributed by atoms with van der Waals surface area (Å²) in [5.74, 6) is 0. The second kappa shape index (κ2) is 4.76. The molecule has 2 aliphatic heterocycles. The molecule has 0 unspecified atom stereocenters. The number of nitrogens with zero attached hydrogens (tertiary/aromatic N) is 2. The minimum atomic E-state index is -0.385. The third-order valence-electron chi connectivity index (χ3n) is 3.43. The first-order chi connectivity index (χ1) is 9.25. The van der Waals surface area contributed by atoms with Crippen LogP contribution in [0.25, 0.3) is 5.70 Å². The number of benzene rings is 1. The zero-order valence-corrected chi connectivity index (χ0v) is 10.4. The molecule has 0 atom stereocenters. The molecule has 5 nitrogen and oxygen atoms in total. The van der Waals surface area contributed by atoms with Gasteiger partial charge in [-0.3, -0.25) is 10.1 Å². The highest BCUT2D eigenvalue weighted by molar-refractivity contribution is 5.69. The van der Waals surface area contributed by atoms with Gasteiger partial charge in [0.05, 0.1) is 16.3 Å². The summed E-state index contributed by atoms with van der Waals surface area (Å²) in [6, 6.07) is 8.01. The first-order valence-corrected chi connectivity index (χ1v) is 6.27. The molecule has 3 rings (SSSR count). The highest BCUT2D eigenvalue weighted by Gasteiger charge is 2.27. The Morgan fingerprint density at radius 2 is 2.21 bits per heavy atom. The average Bonchev–Trinajstić information content (AvgIpc) is 2.85. The highest BCUT2D eigenvalue weighted by Crippen LogP contribution is 2.34. The van der Waals surface area contributed by atoms with E-state index in [1.807, 2.05) is 29.2 Å². The zero-order chi connectivity index (χ0) is 13.2. The van der Waals surface area contributed by atoms with Gasteiger partial charge in [0, 0.05) is 12.1 Å². The summed E-state index contributed by atoms with van der Waals surface area (Å²) in [4.78, 5) is 12.3. The van der Waals surface area contributed by atoms with Crippen LogP contribution >= 0.6 is 0 Å². The summed E-state index contributed by atoms with van der Waals surface area (Å²) < 4.78 is 5.47. The first kappa shape index (κ1) is 11.8. The van der Waals surface area contributed by atoms with Gasteiger partial charge in [0.25, 0.3) is 6.20 Å². The number of rotatable bonds is 2. The summed E-state index contributed by atoms with van der Waals surface area (Å²) >= 11 is 0. The van der Waals surface area contributed by atoms with Crippen molar-refractivity contribution in [1.82, 2.24) is 4.90 Å². The second-order valence-corrected chi connectivity index (χ2v) is 4.63. The highest BCUT2D eigenvalue weighted by atomic mass is 16.6. The van der Waals surface area contributed by atoms with Crippen molar-refractivity contribution in [3.8, 4) is 0 Å². The Kier molecular flexibility index (Phi) is 2.95. The van der Waals surface area contributed by atoms with Gasteiger partial charge in [-0.1, -0.05) is 24.3 Å². The molecule has 0 spiro atoms. The zero-order valence-electron chi connectivity index (χ0n) is 10.4. The van der Waals surface area contributed by atoms with E-state index in [1.165, 1.54) is 0 Å². The van der Waals surface area contributed by atoms with Crippen LogP contribution in [0.2, 0.25) is 0 Å². The van der Waals surface area contributed by atoms with Gasteiger partial charge >= 0.3 is 0 Å². The molecule has 0 N–H and O–H groups in total. The van der Waals surface area contributed by atoms with Crippen LogP contribution in [0, 0.1) is 10.1 Å². The molecule has 5 heteroatoms. The maximum Gasteiger partial charge on any atom is 0.253 e. The van der Waals surface area contributed by atoms with Crippen molar-refractivity contribution < 1.29 is 9.66 Å². The van der Waals surface area contributed by atoms with Crippen LogP contribution in [0.5, 0.6) is 0 Å². The van der Waals surface area contributed by atoms with Gasteiger partial charge in [-0.05, 0) is 18.4 Å². The summed E-state index contributed by atoms with van der Waals surface area (Å²) in [5.41, 5.74) is 3.89. The van der Waals surface area contributed by atoms with E-state index in [0.29, 0.717) is 6.61 Å². The number of ether oxygens (including phenoxy) is 1. The third kappa shape index (κ3) is 2.19. The van der Waals surface area contributed by atoms with Crippen LogP contribution in [0.4, 0.5) is 0 Å². The van der Waals surface area contributed by atoms with Crippen LogP contribution < -0.4 is 0 Å². The topological polar surface area (TPSA) is 55.6 Å². The SMILES string of the molecule is O=[N+]([O-])C=C1CCCN1C1=COCc2ccccc21. The molecule has 2 aliphatic rings. The van der Waals surface area contributed by atoms with Crippen molar-refractivity contribution in [2.45, 2.75) is 19.4 Å². The fraction of sp³-hybridized carbons (Fsp3) is 0.286. The molecule has 19 heavy (non-hydrogen) atoms. The van der Waals surface area contributed by atoms with E-state index >= 15 is 0 Å². The molecule has 0 bridgehead atoms. The van der Waals surface area contributed by atoms with Crippen molar-refractivity contribution >= 4 is 5.70 Å². The molecule has 98 valence electrons. The van der Waals surface area contributed by atoms with E-state index in [-0.39, 0.29) is 4.92 Å². The average molecular weight is 258 g/mol. The largest absolute Gasteiger partial charge is 0.494 e. The van der Waals surface area contributed by atoms with E-state index in [0.717, 1.165) is 48.1 Å². The van der Waals surface area contributed by atoms with Crippen molar-refractivity contribution in [2.75, 3.05) is 6.54 Å². The molecule has 0 saturated carbocycles. The number of fused-ring (bicyclic) bond motifs is 1. The molecular formula is C14H14N2O3. The Balaban J connectivity index is 1.98. The number of likely N-dealkylation sites (tertiary alicyclic amines) is 1. The lowest BCUT2D eigenvalue weighted by molar-refractivity contribution is -0.404. The number of allylic oxidation sites excluding steroid dienone is 1. The van der Waals surface area contributed by atoms with Crippen molar-refractivity contribution in [3.05, 3.63) is 63.7 Å². The lowest BCUT2D eigenvalue weighted by Gasteiger charge is -2.26. The summed E-state index contributed by atoms with van der Waals surface area (Å²) in [6.07, 6.45) is 4.48. The summed E-state index contributed by atoms with van der Waals surface area (Å²) in [6.45, 7) is 1.35. The van der Waals surface area contributed by atoms with Crippen LogP contribution in [-0.2, 0) is 11.3 Å². The maximum atomic E-state index is 10.7. The van der Waals surface area contributed by atoms with E-state index in [4.69, 9.17) is 4.74 Å². The van der Waals surface area contributed by atoms with Gasteiger partial charge in [0.2, 0.25) is 0 Å². The Morgan fingerprint density at radius 3 is 3.05 bits per heavy atom. The molecule has 1 fully saturated rings. The van der Waals surface area contributed by atoms with Gasteiger partial charge in [0.1, 0.15) is 12.9 Å². The first-order valence-electron chi connectivity index (χ1n) is 6.27. The van der Waals surface area contributed by atoms with Crippen LogP contribution in [0.1, 0.15) is 24.0 Å².